The number of carbonyl (C=O) groups excluding carboxylic acids is 1. The van der Waals surface area contributed by atoms with Crippen LogP contribution < -0.4 is 5.32 Å². The van der Waals surface area contributed by atoms with Crippen molar-refractivity contribution in [2.24, 2.45) is 5.92 Å². The van der Waals surface area contributed by atoms with Crippen LogP contribution in [0.25, 0.3) is 0 Å². The van der Waals surface area contributed by atoms with E-state index in [4.69, 9.17) is 4.74 Å². The lowest BCUT2D eigenvalue weighted by Crippen LogP contribution is -2.56. The third-order valence-electron chi connectivity index (χ3n) is 3.93. The molecule has 2 fully saturated rings. The summed E-state index contributed by atoms with van der Waals surface area (Å²) in [5.41, 5.74) is 0. The summed E-state index contributed by atoms with van der Waals surface area (Å²) in [4.78, 5) is 11.8. The van der Waals surface area contributed by atoms with E-state index in [1.165, 1.54) is 6.42 Å². The molecule has 1 amide bonds. The SMILES string of the molecule is CC(C)CCNC1CCN(N2CCOCC2=O)CC1. The summed E-state index contributed by atoms with van der Waals surface area (Å²) in [7, 11) is 0. The average molecular weight is 269 g/mol. The summed E-state index contributed by atoms with van der Waals surface area (Å²) in [5.74, 6) is 0.871. The minimum Gasteiger partial charge on any atom is -0.370 e. The Morgan fingerprint density at radius 3 is 2.68 bits per heavy atom. The number of nitrogens with zero attached hydrogens (tertiary/aromatic N) is 2. The molecule has 2 aliphatic heterocycles. The van der Waals surface area contributed by atoms with E-state index in [9.17, 15) is 4.79 Å². The van der Waals surface area contributed by atoms with Crippen LogP contribution in [-0.2, 0) is 9.53 Å². The van der Waals surface area contributed by atoms with Gasteiger partial charge in [0.05, 0.1) is 13.2 Å². The van der Waals surface area contributed by atoms with Gasteiger partial charge in [0, 0.05) is 19.1 Å². The van der Waals surface area contributed by atoms with E-state index in [0.29, 0.717) is 19.2 Å². The van der Waals surface area contributed by atoms with Crippen molar-refractivity contribution in [2.75, 3.05) is 39.4 Å². The van der Waals surface area contributed by atoms with Gasteiger partial charge in [-0.2, -0.15) is 0 Å². The third-order valence-corrected chi connectivity index (χ3v) is 3.93. The van der Waals surface area contributed by atoms with Crippen LogP contribution in [0.4, 0.5) is 0 Å². The first-order valence-electron chi connectivity index (χ1n) is 7.53. The van der Waals surface area contributed by atoms with Crippen LogP contribution >= 0.6 is 0 Å². The maximum Gasteiger partial charge on any atom is 0.262 e. The van der Waals surface area contributed by atoms with Crippen molar-refractivity contribution in [2.45, 2.75) is 39.2 Å². The van der Waals surface area contributed by atoms with Gasteiger partial charge in [-0.05, 0) is 31.7 Å². The fourth-order valence-electron chi connectivity index (χ4n) is 2.70. The maximum absolute atomic E-state index is 11.8. The first-order valence-corrected chi connectivity index (χ1v) is 7.53. The maximum atomic E-state index is 11.8. The molecule has 0 saturated carbocycles. The Kier molecular flexibility index (Phi) is 5.60. The smallest absolute Gasteiger partial charge is 0.262 e. The van der Waals surface area contributed by atoms with Crippen LogP contribution in [0.3, 0.4) is 0 Å². The number of amides is 1. The molecule has 0 aliphatic carbocycles. The van der Waals surface area contributed by atoms with Crippen molar-refractivity contribution < 1.29 is 9.53 Å². The predicted octanol–water partition coefficient (Wildman–Crippen LogP) is 0.860. The predicted molar refractivity (Wildman–Crippen MR) is 74.6 cm³/mol. The van der Waals surface area contributed by atoms with Crippen molar-refractivity contribution >= 4 is 5.91 Å². The van der Waals surface area contributed by atoms with Crippen LogP contribution in [-0.4, -0.2) is 61.4 Å². The van der Waals surface area contributed by atoms with Crippen molar-refractivity contribution in [1.82, 2.24) is 15.3 Å². The molecule has 1 N–H and O–H groups in total. The fourth-order valence-corrected chi connectivity index (χ4v) is 2.70. The molecule has 0 aromatic carbocycles. The number of hydrazine groups is 1. The van der Waals surface area contributed by atoms with Gasteiger partial charge in [-0.1, -0.05) is 13.8 Å². The number of carbonyl (C=O) groups is 1. The summed E-state index contributed by atoms with van der Waals surface area (Å²) in [6.07, 6.45) is 3.49. The highest BCUT2D eigenvalue weighted by atomic mass is 16.5. The van der Waals surface area contributed by atoms with Crippen molar-refractivity contribution in [3.05, 3.63) is 0 Å². The minimum atomic E-state index is 0.109. The number of hydrogen-bond acceptors (Lipinski definition) is 4. The number of hydrogen-bond donors (Lipinski definition) is 1. The van der Waals surface area contributed by atoms with Crippen LogP contribution in [0.5, 0.6) is 0 Å². The molecule has 2 saturated heterocycles. The lowest BCUT2D eigenvalue weighted by molar-refractivity contribution is -0.167. The zero-order valence-electron chi connectivity index (χ0n) is 12.2. The van der Waals surface area contributed by atoms with Gasteiger partial charge in [-0.3, -0.25) is 9.80 Å². The molecule has 0 radical (unpaired) electrons. The zero-order chi connectivity index (χ0) is 13.7. The molecule has 0 atom stereocenters. The number of piperidine rings is 1. The Morgan fingerprint density at radius 1 is 1.32 bits per heavy atom. The molecule has 110 valence electrons. The van der Waals surface area contributed by atoms with E-state index in [2.05, 4.69) is 24.2 Å². The second-order valence-corrected chi connectivity index (χ2v) is 5.93. The highest BCUT2D eigenvalue weighted by Gasteiger charge is 2.28. The van der Waals surface area contributed by atoms with Crippen molar-refractivity contribution in [1.29, 1.82) is 0 Å². The molecular formula is C14H27N3O2. The van der Waals surface area contributed by atoms with Crippen molar-refractivity contribution in [3.63, 3.8) is 0 Å². The topological polar surface area (TPSA) is 44.8 Å². The molecule has 2 rings (SSSR count). The highest BCUT2D eigenvalue weighted by molar-refractivity contribution is 5.77. The molecule has 2 aliphatic rings. The first kappa shape index (κ1) is 14.8. The van der Waals surface area contributed by atoms with Gasteiger partial charge in [0.1, 0.15) is 6.61 Å². The molecule has 5 heteroatoms. The lowest BCUT2D eigenvalue weighted by atomic mass is 10.0. The van der Waals surface area contributed by atoms with Crippen LogP contribution in [0, 0.1) is 5.92 Å². The Labute approximate surface area is 116 Å². The second-order valence-electron chi connectivity index (χ2n) is 5.93. The normalized spacial score (nSPS) is 23.3. The van der Waals surface area contributed by atoms with Gasteiger partial charge < -0.3 is 10.1 Å². The van der Waals surface area contributed by atoms with E-state index < -0.39 is 0 Å². The monoisotopic (exact) mass is 269 g/mol. The van der Waals surface area contributed by atoms with Crippen LogP contribution in [0.2, 0.25) is 0 Å². The highest BCUT2D eigenvalue weighted by Crippen LogP contribution is 2.14. The summed E-state index contributed by atoms with van der Waals surface area (Å²) in [5, 5.41) is 7.72. The molecular weight excluding hydrogens is 242 g/mol. The Morgan fingerprint density at radius 2 is 2.05 bits per heavy atom. The van der Waals surface area contributed by atoms with Gasteiger partial charge in [0.2, 0.25) is 0 Å². The zero-order valence-corrected chi connectivity index (χ0v) is 12.2. The summed E-state index contributed by atoms with van der Waals surface area (Å²) in [6.45, 7) is 9.20. The van der Waals surface area contributed by atoms with Crippen molar-refractivity contribution in [3.8, 4) is 0 Å². The van der Waals surface area contributed by atoms with Crippen LogP contribution in [0.15, 0.2) is 0 Å². The molecule has 19 heavy (non-hydrogen) atoms. The lowest BCUT2D eigenvalue weighted by Gasteiger charge is -2.41. The first-order chi connectivity index (χ1) is 9.16. The van der Waals surface area contributed by atoms with Gasteiger partial charge in [0.15, 0.2) is 0 Å². The second kappa shape index (κ2) is 7.22. The number of rotatable bonds is 5. The largest absolute Gasteiger partial charge is 0.370 e. The van der Waals surface area contributed by atoms with E-state index in [1.807, 2.05) is 5.01 Å². The van der Waals surface area contributed by atoms with Gasteiger partial charge in [-0.15, -0.1) is 0 Å². The molecule has 0 aromatic rings. The average Bonchev–Trinajstić information content (AvgIpc) is 2.40. The van der Waals surface area contributed by atoms with E-state index >= 15 is 0 Å². The van der Waals surface area contributed by atoms with Gasteiger partial charge in [-0.25, -0.2) is 5.01 Å². The number of morpholine rings is 1. The summed E-state index contributed by atoms with van der Waals surface area (Å²) >= 11 is 0. The van der Waals surface area contributed by atoms with Crippen LogP contribution in [0.1, 0.15) is 33.1 Å². The molecule has 0 unspecified atom stereocenters. The Hall–Kier alpha value is -0.650. The summed E-state index contributed by atoms with van der Waals surface area (Å²) in [6, 6.07) is 0.617. The molecule has 5 nitrogen and oxygen atoms in total. The standard InChI is InChI=1S/C14H27N3O2/c1-12(2)3-6-15-13-4-7-16(8-5-13)17-9-10-19-11-14(17)18/h12-13,15H,3-11H2,1-2H3. The molecule has 0 spiro atoms. The molecule has 2 heterocycles. The molecule has 0 aromatic heterocycles. The molecule has 0 bridgehead atoms. The van der Waals surface area contributed by atoms with E-state index in [1.54, 1.807) is 0 Å². The van der Waals surface area contributed by atoms with Gasteiger partial charge in [0.25, 0.3) is 5.91 Å². The fraction of sp³-hybridized carbons (Fsp3) is 0.929. The summed E-state index contributed by atoms with van der Waals surface area (Å²) < 4.78 is 5.17. The number of nitrogens with one attached hydrogen (secondary N) is 1. The minimum absolute atomic E-state index is 0.109. The third kappa shape index (κ3) is 4.44. The number of ether oxygens (including phenoxy) is 1. The Balaban J connectivity index is 1.68. The van der Waals surface area contributed by atoms with E-state index in [-0.39, 0.29) is 12.5 Å². The quantitative estimate of drug-likeness (QED) is 0.804. The van der Waals surface area contributed by atoms with E-state index in [0.717, 1.165) is 38.4 Å². The van der Waals surface area contributed by atoms with Gasteiger partial charge >= 0.3 is 0 Å². The Bertz CT molecular complexity index is 288.